The molecular weight excluding hydrogens is 292 g/mol. The molecule has 2 atom stereocenters. The zero-order valence-electron chi connectivity index (χ0n) is 15.3. The van der Waals surface area contributed by atoms with Crippen molar-refractivity contribution in [2.45, 2.75) is 52.6 Å². The van der Waals surface area contributed by atoms with E-state index in [1.807, 2.05) is 0 Å². The smallest absolute Gasteiger partial charge is 0.0297 e. The zero-order chi connectivity index (χ0) is 17.5. The normalized spacial score (nSPS) is 13.9. The van der Waals surface area contributed by atoms with Gasteiger partial charge < -0.3 is 11.5 Å². The van der Waals surface area contributed by atoms with Gasteiger partial charge in [-0.2, -0.15) is 0 Å². The Balaban J connectivity index is 1.94. The summed E-state index contributed by atoms with van der Waals surface area (Å²) in [4.78, 5) is 0. The Hall–Kier alpha value is -1.64. The van der Waals surface area contributed by atoms with Crippen LogP contribution in [-0.4, -0.2) is 0 Å². The van der Waals surface area contributed by atoms with Crippen molar-refractivity contribution in [3.8, 4) is 0 Å². The molecule has 0 amide bonds. The van der Waals surface area contributed by atoms with E-state index in [0.717, 1.165) is 19.3 Å². The lowest BCUT2D eigenvalue weighted by molar-refractivity contribution is 0.470. The van der Waals surface area contributed by atoms with Gasteiger partial charge >= 0.3 is 0 Å². The summed E-state index contributed by atoms with van der Waals surface area (Å²) in [6.45, 7) is 7.38. The van der Waals surface area contributed by atoms with Gasteiger partial charge in [-0.1, -0.05) is 69.3 Å². The largest absolute Gasteiger partial charge is 0.326 e. The predicted molar refractivity (Wildman–Crippen MR) is 104 cm³/mol. The lowest BCUT2D eigenvalue weighted by Crippen LogP contribution is -2.16. The van der Waals surface area contributed by atoms with Crippen molar-refractivity contribution < 1.29 is 0 Å². The molecule has 2 aromatic rings. The maximum atomic E-state index is 6.45. The van der Waals surface area contributed by atoms with Crippen molar-refractivity contribution in [2.24, 2.45) is 23.3 Å². The second-order valence-corrected chi connectivity index (χ2v) is 7.46. The van der Waals surface area contributed by atoms with Crippen molar-refractivity contribution >= 4 is 0 Å². The molecule has 0 spiro atoms. The van der Waals surface area contributed by atoms with Crippen LogP contribution in [0.5, 0.6) is 0 Å². The second-order valence-electron chi connectivity index (χ2n) is 7.46. The van der Waals surface area contributed by atoms with E-state index in [9.17, 15) is 0 Å². The molecule has 2 unspecified atom stereocenters. The fraction of sp³-hybridized carbons (Fsp3) is 0.455. The summed E-state index contributed by atoms with van der Waals surface area (Å²) >= 11 is 0. The Bertz CT molecular complexity index is 616. The van der Waals surface area contributed by atoms with Crippen LogP contribution in [0.4, 0.5) is 0 Å². The predicted octanol–water partition coefficient (Wildman–Crippen LogP) is 4.61. The minimum atomic E-state index is 0.0955. The Labute approximate surface area is 147 Å². The summed E-state index contributed by atoms with van der Waals surface area (Å²) in [5, 5.41) is 0. The topological polar surface area (TPSA) is 52.0 Å². The van der Waals surface area contributed by atoms with Crippen molar-refractivity contribution in [3.05, 3.63) is 70.8 Å². The minimum Gasteiger partial charge on any atom is -0.326 e. The molecule has 0 aromatic heterocycles. The summed E-state index contributed by atoms with van der Waals surface area (Å²) in [5.41, 5.74) is 17.5. The van der Waals surface area contributed by atoms with Crippen LogP contribution in [0.15, 0.2) is 48.5 Å². The fourth-order valence-electron chi connectivity index (χ4n) is 3.36. The molecule has 130 valence electrons. The molecule has 2 heteroatoms. The van der Waals surface area contributed by atoms with Crippen LogP contribution in [0.2, 0.25) is 0 Å². The highest BCUT2D eigenvalue weighted by Gasteiger charge is 2.13. The molecule has 24 heavy (non-hydrogen) atoms. The van der Waals surface area contributed by atoms with Crippen molar-refractivity contribution in [3.63, 3.8) is 0 Å². The number of nitrogens with two attached hydrogens (primary N) is 2. The third-order valence-corrected chi connectivity index (χ3v) is 4.61. The number of benzene rings is 2. The van der Waals surface area contributed by atoms with Gasteiger partial charge in [0, 0.05) is 12.6 Å². The van der Waals surface area contributed by atoms with Crippen LogP contribution in [0.25, 0.3) is 0 Å². The van der Waals surface area contributed by atoms with Crippen molar-refractivity contribution in [2.75, 3.05) is 0 Å². The molecule has 2 rings (SSSR count). The average molecular weight is 325 g/mol. The fourth-order valence-corrected chi connectivity index (χ4v) is 3.36. The third kappa shape index (κ3) is 5.47. The maximum Gasteiger partial charge on any atom is 0.0297 e. The van der Waals surface area contributed by atoms with Crippen LogP contribution in [0.3, 0.4) is 0 Å². The van der Waals surface area contributed by atoms with Gasteiger partial charge in [0.1, 0.15) is 0 Å². The first-order valence-corrected chi connectivity index (χ1v) is 9.10. The lowest BCUT2D eigenvalue weighted by atomic mass is 9.89. The molecular formula is C22H32N2. The molecule has 0 heterocycles. The van der Waals surface area contributed by atoms with E-state index in [-0.39, 0.29) is 6.04 Å². The van der Waals surface area contributed by atoms with Gasteiger partial charge in [-0.05, 0) is 53.4 Å². The van der Waals surface area contributed by atoms with E-state index in [1.165, 1.54) is 22.3 Å². The van der Waals surface area contributed by atoms with Gasteiger partial charge in [0.15, 0.2) is 0 Å². The van der Waals surface area contributed by atoms with Crippen LogP contribution in [0, 0.1) is 11.8 Å². The van der Waals surface area contributed by atoms with E-state index < -0.39 is 0 Å². The maximum absolute atomic E-state index is 6.45. The van der Waals surface area contributed by atoms with Gasteiger partial charge in [-0.15, -0.1) is 0 Å². The molecule has 0 aliphatic carbocycles. The molecule has 2 aromatic carbocycles. The molecule has 0 radical (unpaired) electrons. The standard InChI is InChI=1S/C22H32N2/c1-16(2)12-18-8-10-19(11-9-18)22(24)14-17(3)13-20-6-4-5-7-21(20)15-23/h4-11,16-17,22H,12-15,23-24H2,1-3H3. The monoisotopic (exact) mass is 324 g/mol. The van der Waals surface area contributed by atoms with Crippen LogP contribution < -0.4 is 11.5 Å². The van der Waals surface area contributed by atoms with Gasteiger partial charge in [-0.25, -0.2) is 0 Å². The van der Waals surface area contributed by atoms with Gasteiger partial charge in [0.25, 0.3) is 0 Å². The van der Waals surface area contributed by atoms with E-state index in [4.69, 9.17) is 11.5 Å². The lowest BCUT2D eigenvalue weighted by Gasteiger charge is -2.19. The van der Waals surface area contributed by atoms with Crippen LogP contribution in [0.1, 0.15) is 55.5 Å². The Morgan fingerprint density at radius 2 is 1.46 bits per heavy atom. The van der Waals surface area contributed by atoms with Gasteiger partial charge in [0.2, 0.25) is 0 Å². The summed E-state index contributed by atoms with van der Waals surface area (Å²) in [6, 6.07) is 17.4. The molecule has 0 aliphatic rings. The van der Waals surface area contributed by atoms with Crippen LogP contribution in [-0.2, 0) is 19.4 Å². The van der Waals surface area contributed by atoms with E-state index in [1.54, 1.807) is 0 Å². The zero-order valence-corrected chi connectivity index (χ0v) is 15.3. The summed E-state index contributed by atoms with van der Waals surface area (Å²) in [5.74, 6) is 1.22. The van der Waals surface area contributed by atoms with Gasteiger partial charge in [-0.3, -0.25) is 0 Å². The van der Waals surface area contributed by atoms with E-state index in [0.29, 0.717) is 18.4 Å². The number of hydrogen-bond acceptors (Lipinski definition) is 2. The number of hydrogen-bond donors (Lipinski definition) is 2. The molecule has 2 nitrogen and oxygen atoms in total. The third-order valence-electron chi connectivity index (χ3n) is 4.61. The molecule has 0 aliphatic heterocycles. The summed E-state index contributed by atoms with van der Waals surface area (Å²) in [6.07, 6.45) is 3.15. The molecule has 4 N–H and O–H groups in total. The first-order chi connectivity index (χ1) is 11.5. The van der Waals surface area contributed by atoms with E-state index >= 15 is 0 Å². The Kier molecular flexibility index (Phi) is 7.01. The molecule has 0 saturated carbocycles. The summed E-state index contributed by atoms with van der Waals surface area (Å²) < 4.78 is 0. The first kappa shape index (κ1) is 18.7. The first-order valence-electron chi connectivity index (χ1n) is 9.10. The molecule has 0 bridgehead atoms. The van der Waals surface area contributed by atoms with Crippen LogP contribution >= 0.6 is 0 Å². The highest BCUT2D eigenvalue weighted by molar-refractivity contribution is 5.28. The Morgan fingerprint density at radius 1 is 0.833 bits per heavy atom. The second kappa shape index (κ2) is 9.00. The quantitative estimate of drug-likeness (QED) is 0.745. The SMILES string of the molecule is CC(C)Cc1ccc(C(N)CC(C)Cc2ccccc2CN)cc1. The van der Waals surface area contributed by atoms with Gasteiger partial charge in [0.05, 0.1) is 0 Å². The van der Waals surface area contributed by atoms with E-state index in [2.05, 4.69) is 69.3 Å². The van der Waals surface area contributed by atoms with Crippen molar-refractivity contribution in [1.29, 1.82) is 0 Å². The molecule has 0 fully saturated rings. The summed E-state index contributed by atoms with van der Waals surface area (Å²) in [7, 11) is 0. The highest BCUT2D eigenvalue weighted by atomic mass is 14.6. The number of rotatable bonds is 8. The average Bonchev–Trinajstić information content (AvgIpc) is 2.55. The van der Waals surface area contributed by atoms with Crippen molar-refractivity contribution in [1.82, 2.24) is 0 Å². The minimum absolute atomic E-state index is 0.0955. The Morgan fingerprint density at radius 3 is 2.04 bits per heavy atom. The molecule has 0 saturated heterocycles. The highest BCUT2D eigenvalue weighted by Crippen LogP contribution is 2.23.